The summed E-state index contributed by atoms with van der Waals surface area (Å²) in [4.78, 5) is 4.37. The zero-order chi connectivity index (χ0) is 11.5. The summed E-state index contributed by atoms with van der Waals surface area (Å²) in [6.07, 6.45) is 3.44. The fourth-order valence-electron chi connectivity index (χ4n) is 1.71. The molecule has 1 heterocycles. The van der Waals surface area contributed by atoms with Crippen molar-refractivity contribution in [3.63, 3.8) is 0 Å². The van der Waals surface area contributed by atoms with Crippen LogP contribution in [0.5, 0.6) is 0 Å². The predicted octanol–water partition coefficient (Wildman–Crippen LogP) is 4.16. The fourth-order valence-corrected chi connectivity index (χ4v) is 2.45. The van der Waals surface area contributed by atoms with Gasteiger partial charge < -0.3 is 4.74 Å². The number of hydrogen-bond acceptors (Lipinski definition) is 2. The Morgan fingerprint density at radius 3 is 2.53 bits per heavy atom. The Morgan fingerprint density at radius 1 is 1.47 bits per heavy atom. The van der Waals surface area contributed by atoms with E-state index >= 15 is 0 Å². The highest BCUT2D eigenvalue weighted by Crippen LogP contribution is 2.38. The monoisotopic (exact) mass is 291 g/mol. The van der Waals surface area contributed by atoms with Crippen LogP contribution in [0.1, 0.15) is 32.4 Å². The van der Waals surface area contributed by atoms with Crippen LogP contribution in [0.2, 0.25) is 5.02 Å². The lowest BCUT2D eigenvalue weighted by molar-refractivity contribution is -0.0259. The number of aromatic nitrogens is 1. The van der Waals surface area contributed by atoms with Gasteiger partial charge in [0.15, 0.2) is 0 Å². The maximum absolute atomic E-state index is 6.05. The Kier molecular flexibility index (Phi) is 4.56. The van der Waals surface area contributed by atoms with Gasteiger partial charge >= 0.3 is 0 Å². The molecule has 4 heteroatoms. The molecule has 0 spiro atoms. The number of halogens is 2. The molecule has 1 aromatic rings. The molecule has 0 saturated heterocycles. The van der Waals surface area contributed by atoms with Gasteiger partial charge in [-0.05, 0) is 34.8 Å². The van der Waals surface area contributed by atoms with E-state index in [9.17, 15) is 0 Å². The van der Waals surface area contributed by atoms with Crippen LogP contribution in [0, 0.1) is 0 Å². The highest BCUT2D eigenvalue weighted by molar-refractivity contribution is 9.10. The van der Waals surface area contributed by atoms with Gasteiger partial charge in [0.2, 0.25) is 0 Å². The molecule has 0 amide bonds. The van der Waals surface area contributed by atoms with Gasteiger partial charge in [-0.2, -0.15) is 0 Å². The van der Waals surface area contributed by atoms with Crippen molar-refractivity contribution >= 4 is 27.5 Å². The van der Waals surface area contributed by atoms with Crippen LogP contribution in [-0.2, 0) is 10.3 Å². The molecular weight excluding hydrogens is 277 g/mol. The molecule has 0 aliphatic heterocycles. The summed E-state index contributed by atoms with van der Waals surface area (Å²) in [6.45, 7) is 4.17. The number of rotatable bonds is 4. The summed E-state index contributed by atoms with van der Waals surface area (Å²) in [5, 5.41) is 0.670. The average molecular weight is 293 g/mol. The van der Waals surface area contributed by atoms with E-state index in [1.165, 1.54) is 0 Å². The molecule has 0 bridgehead atoms. The predicted molar refractivity (Wildman–Crippen MR) is 66.2 cm³/mol. The number of pyridine rings is 1. The smallest absolute Gasteiger partial charge is 0.110 e. The molecule has 0 fully saturated rings. The van der Waals surface area contributed by atoms with Crippen molar-refractivity contribution < 1.29 is 4.74 Å². The minimum atomic E-state index is -0.344. The molecule has 0 aromatic carbocycles. The quantitative estimate of drug-likeness (QED) is 0.831. The molecule has 0 aliphatic rings. The van der Waals surface area contributed by atoms with E-state index in [0.29, 0.717) is 5.02 Å². The summed E-state index contributed by atoms with van der Waals surface area (Å²) in [5.74, 6) is 0. The Hall–Kier alpha value is -0.120. The van der Waals surface area contributed by atoms with Crippen molar-refractivity contribution in [1.82, 2.24) is 4.98 Å². The second-order valence-corrected chi connectivity index (χ2v) is 4.56. The topological polar surface area (TPSA) is 22.1 Å². The minimum absolute atomic E-state index is 0.344. The average Bonchev–Trinajstić information content (AvgIpc) is 2.27. The van der Waals surface area contributed by atoms with E-state index in [1.807, 2.05) is 0 Å². The first-order chi connectivity index (χ1) is 7.11. The van der Waals surface area contributed by atoms with Gasteiger partial charge in [0.05, 0.1) is 15.2 Å². The van der Waals surface area contributed by atoms with Gasteiger partial charge in [-0.15, -0.1) is 0 Å². The molecule has 0 atom stereocenters. The van der Waals surface area contributed by atoms with Crippen molar-refractivity contribution in [3.05, 3.63) is 27.5 Å². The van der Waals surface area contributed by atoms with Crippen LogP contribution >= 0.6 is 27.5 Å². The van der Waals surface area contributed by atoms with Crippen molar-refractivity contribution in [3.8, 4) is 0 Å². The Labute approximate surface area is 104 Å². The molecule has 0 unspecified atom stereocenters. The Bertz CT molecular complexity index is 331. The first-order valence-electron chi connectivity index (χ1n) is 4.97. The highest BCUT2D eigenvalue weighted by Gasteiger charge is 2.32. The summed E-state index contributed by atoms with van der Waals surface area (Å²) in [7, 11) is 1.71. The second kappa shape index (κ2) is 5.28. The maximum atomic E-state index is 6.05. The standard InChI is InChI=1S/C11H15BrClNO/c1-4-11(5-2,15-3)10-9(12)8(13)6-7-14-10/h6-7H,4-5H2,1-3H3. The Balaban J connectivity index is 3.28. The third-order valence-corrected chi connectivity index (χ3v) is 4.15. The molecule has 2 nitrogen and oxygen atoms in total. The fraction of sp³-hybridized carbons (Fsp3) is 0.545. The van der Waals surface area contributed by atoms with E-state index in [1.54, 1.807) is 19.4 Å². The first-order valence-corrected chi connectivity index (χ1v) is 6.14. The van der Waals surface area contributed by atoms with Gasteiger partial charge in [0.25, 0.3) is 0 Å². The highest BCUT2D eigenvalue weighted by atomic mass is 79.9. The molecule has 1 rings (SSSR count). The van der Waals surface area contributed by atoms with E-state index in [-0.39, 0.29) is 5.60 Å². The molecule has 0 saturated carbocycles. The number of ether oxygens (including phenoxy) is 1. The van der Waals surface area contributed by atoms with Crippen molar-refractivity contribution in [2.24, 2.45) is 0 Å². The van der Waals surface area contributed by atoms with E-state index < -0.39 is 0 Å². The third-order valence-electron chi connectivity index (χ3n) is 2.81. The summed E-state index contributed by atoms with van der Waals surface area (Å²) in [6, 6.07) is 1.76. The van der Waals surface area contributed by atoms with Crippen LogP contribution in [0.3, 0.4) is 0 Å². The largest absolute Gasteiger partial charge is 0.372 e. The van der Waals surface area contributed by atoms with Crippen LogP contribution < -0.4 is 0 Å². The van der Waals surface area contributed by atoms with Crippen molar-refractivity contribution in [2.75, 3.05) is 7.11 Å². The molecule has 0 N–H and O–H groups in total. The lowest BCUT2D eigenvalue weighted by atomic mass is 9.92. The van der Waals surface area contributed by atoms with Crippen LogP contribution in [0.15, 0.2) is 16.7 Å². The number of nitrogens with zero attached hydrogens (tertiary/aromatic N) is 1. The first kappa shape index (κ1) is 12.9. The van der Waals surface area contributed by atoms with Gasteiger partial charge in [-0.25, -0.2) is 0 Å². The van der Waals surface area contributed by atoms with Crippen LogP contribution in [0.25, 0.3) is 0 Å². The van der Waals surface area contributed by atoms with Gasteiger partial charge in [0, 0.05) is 13.3 Å². The number of hydrogen-bond donors (Lipinski definition) is 0. The molecule has 1 aromatic heterocycles. The van der Waals surface area contributed by atoms with E-state index in [4.69, 9.17) is 16.3 Å². The maximum Gasteiger partial charge on any atom is 0.110 e. The van der Waals surface area contributed by atoms with E-state index in [0.717, 1.165) is 23.0 Å². The van der Waals surface area contributed by atoms with Gasteiger partial charge in [0.1, 0.15) is 5.60 Å². The van der Waals surface area contributed by atoms with Crippen molar-refractivity contribution in [2.45, 2.75) is 32.3 Å². The molecule has 15 heavy (non-hydrogen) atoms. The van der Waals surface area contributed by atoms with Gasteiger partial charge in [-0.1, -0.05) is 25.4 Å². The van der Waals surface area contributed by atoms with Crippen LogP contribution in [0.4, 0.5) is 0 Å². The molecule has 0 radical (unpaired) electrons. The van der Waals surface area contributed by atoms with Crippen molar-refractivity contribution in [1.29, 1.82) is 0 Å². The van der Waals surface area contributed by atoms with Crippen LogP contribution in [-0.4, -0.2) is 12.1 Å². The Morgan fingerprint density at radius 2 is 2.07 bits per heavy atom. The zero-order valence-electron chi connectivity index (χ0n) is 9.18. The molecule has 84 valence electrons. The summed E-state index contributed by atoms with van der Waals surface area (Å²) >= 11 is 9.51. The van der Waals surface area contributed by atoms with E-state index in [2.05, 4.69) is 34.8 Å². The lowest BCUT2D eigenvalue weighted by Gasteiger charge is -2.30. The third kappa shape index (κ3) is 2.35. The SMILES string of the molecule is CCC(CC)(OC)c1nccc(Cl)c1Br. The molecular formula is C11H15BrClNO. The minimum Gasteiger partial charge on any atom is -0.372 e. The summed E-state index contributed by atoms with van der Waals surface area (Å²) in [5.41, 5.74) is 0.534. The molecule has 0 aliphatic carbocycles. The summed E-state index contributed by atoms with van der Waals surface area (Å²) < 4.78 is 6.44. The second-order valence-electron chi connectivity index (χ2n) is 3.36. The van der Waals surface area contributed by atoms with Gasteiger partial charge in [-0.3, -0.25) is 4.98 Å². The zero-order valence-corrected chi connectivity index (χ0v) is 11.5. The number of methoxy groups -OCH3 is 1. The normalized spacial score (nSPS) is 11.8. The lowest BCUT2D eigenvalue weighted by Crippen LogP contribution is -2.28.